The Labute approximate surface area is 118 Å². The van der Waals surface area contributed by atoms with Gasteiger partial charge in [0.2, 0.25) is 0 Å². The zero-order chi connectivity index (χ0) is 14.5. The number of nitrogens with zero attached hydrogens (tertiary/aromatic N) is 2. The van der Waals surface area contributed by atoms with E-state index >= 15 is 0 Å². The van der Waals surface area contributed by atoms with E-state index in [0.29, 0.717) is 18.3 Å². The fourth-order valence-corrected chi connectivity index (χ4v) is 2.31. The van der Waals surface area contributed by atoms with E-state index in [1.165, 1.54) is 12.8 Å². The van der Waals surface area contributed by atoms with Crippen LogP contribution in [-0.4, -0.2) is 43.2 Å². The largest absolute Gasteiger partial charge is 0.383 e. The van der Waals surface area contributed by atoms with E-state index in [0.717, 1.165) is 18.7 Å². The smallest absolute Gasteiger partial charge is 0.292 e. The van der Waals surface area contributed by atoms with Crippen molar-refractivity contribution in [3.8, 4) is 0 Å². The summed E-state index contributed by atoms with van der Waals surface area (Å²) in [4.78, 5) is 13.1. The van der Waals surface area contributed by atoms with Crippen molar-refractivity contribution in [2.75, 3.05) is 32.6 Å². The lowest BCUT2D eigenvalue weighted by Gasteiger charge is -2.21. The Kier molecular flexibility index (Phi) is 4.92. The third-order valence-electron chi connectivity index (χ3n) is 3.56. The fraction of sp³-hybridized carbons (Fsp3) is 0.571. The van der Waals surface area contributed by atoms with Gasteiger partial charge < -0.3 is 10.1 Å². The highest BCUT2D eigenvalue weighted by atomic mass is 16.6. The summed E-state index contributed by atoms with van der Waals surface area (Å²) >= 11 is 0. The molecule has 1 fully saturated rings. The molecule has 0 spiro atoms. The molecule has 0 bridgehead atoms. The van der Waals surface area contributed by atoms with Crippen molar-refractivity contribution < 1.29 is 9.66 Å². The number of methoxy groups -OCH3 is 1. The number of rotatable bonds is 8. The summed E-state index contributed by atoms with van der Waals surface area (Å²) in [6.07, 6.45) is 2.42. The lowest BCUT2D eigenvalue weighted by molar-refractivity contribution is -0.384. The van der Waals surface area contributed by atoms with Gasteiger partial charge in [-0.1, -0.05) is 6.07 Å². The fourth-order valence-electron chi connectivity index (χ4n) is 2.31. The molecular weight excluding hydrogens is 258 g/mol. The molecule has 110 valence electrons. The Hall–Kier alpha value is -1.66. The predicted octanol–water partition coefficient (Wildman–Crippen LogP) is 2.25. The second-order valence-electron chi connectivity index (χ2n) is 5.05. The number of anilines is 1. The van der Waals surface area contributed by atoms with Gasteiger partial charge in [-0.3, -0.25) is 15.0 Å². The second-order valence-corrected chi connectivity index (χ2v) is 5.05. The van der Waals surface area contributed by atoms with Crippen molar-refractivity contribution in [1.29, 1.82) is 0 Å². The standard InChI is InChI=1S/C14H21N3O3/c1-15-13-6-3-11(9-14(13)17(18)19)10-16(7-8-20-2)12-4-5-12/h3,6,9,12,15H,4-5,7-8,10H2,1-2H3. The van der Waals surface area contributed by atoms with Crippen LogP contribution in [0.1, 0.15) is 18.4 Å². The van der Waals surface area contributed by atoms with Gasteiger partial charge in [-0.25, -0.2) is 0 Å². The zero-order valence-corrected chi connectivity index (χ0v) is 12.0. The highest BCUT2D eigenvalue weighted by Crippen LogP contribution is 2.30. The lowest BCUT2D eigenvalue weighted by Crippen LogP contribution is -2.29. The van der Waals surface area contributed by atoms with Gasteiger partial charge in [0.1, 0.15) is 5.69 Å². The van der Waals surface area contributed by atoms with Gasteiger partial charge in [-0.2, -0.15) is 0 Å². The van der Waals surface area contributed by atoms with Crippen molar-refractivity contribution in [3.63, 3.8) is 0 Å². The van der Waals surface area contributed by atoms with Crippen LogP contribution >= 0.6 is 0 Å². The molecule has 6 heteroatoms. The van der Waals surface area contributed by atoms with Crippen LogP contribution in [-0.2, 0) is 11.3 Å². The van der Waals surface area contributed by atoms with E-state index in [1.54, 1.807) is 26.3 Å². The molecular formula is C14H21N3O3. The summed E-state index contributed by atoms with van der Waals surface area (Å²) in [6, 6.07) is 5.98. The van der Waals surface area contributed by atoms with Gasteiger partial charge in [0.15, 0.2) is 0 Å². The topological polar surface area (TPSA) is 67.6 Å². The summed E-state index contributed by atoms with van der Waals surface area (Å²) in [7, 11) is 3.38. The number of benzene rings is 1. The van der Waals surface area contributed by atoms with Crippen LogP contribution in [0.3, 0.4) is 0 Å². The Balaban J connectivity index is 2.11. The van der Waals surface area contributed by atoms with E-state index in [9.17, 15) is 10.1 Å². The quantitative estimate of drug-likeness (QED) is 0.584. The average molecular weight is 279 g/mol. The van der Waals surface area contributed by atoms with Crippen LogP contribution in [0.4, 0.5) is 11.4 Å². The third-order valence-corrected chi connectivity index (χ3v) is 3.56. The highest BCUT2D eigenvalue weighted by molar-refractivity contribution is 5.62. The molecule has 0 radical (unpaired) electrons. The third kappa shape index (κ3) is 3.68. The molecule has 0 amide bonds. The maximum atomic E-state index is 11.1. The van der Waals surface area contributed by atoms with Crippen molar-refractivity contribution in [3.05, 3.63) is 33.9 Å². The van der Waals surface area contributed by atoms with Crippen LogP contribution in [0.2, 0.25) is 0 Å². The summed E-state index contributed by atoms with van der Waals surface area (Å²) in [5.41, 5.74) is 1.65. The number of ether oxygens (including phenoxy) is 1. The molecule has 2 rings (SSSR count). The predicted molar refractivity (Wildman–Crippen MR) is 78.0 cm³/mol. The molecule has 0 aromatic heterocycles. The number of nitrogens with one attached hydrogen (secondary N) is 1. The van der Waals surface area contributed by atoms with Crippen molar-refractivity contribution in [1.82, 2.24) is 4.90 Å². The first-order valence-corrected chi connectivity index (χ1v) is 6.83. The molecule has 1 saturated carbocycles. The average Bonchev–Trinajstić information content (AvgIpc) is 3.27. The molecule has 0 heterocycles. The Morgan fingerprint density at radius 1 is 1.50 bits per heavy atom. The van der Waals surface area contributed by atoms with Crippen LogP contribution in [0, 0.1) is 10.1 Å². The number of nitro groups is 1. The minimum Gasteiger partial charge on any atom is -0.383 e. The maximum absolute atomic E-state index is 11.1. The molecule has 1 aromatic carbocycles. The maximum Gasteiger partial charge on any atom is 0.292 e. The molecule has 1 aliphatic rings. The van der Waals surface area contributed by atoms with Gasteiger partial charge in [0, 0.05) is 39.4 Å². The molecule has 6 nitrogen and oxygen atoms in total. The van der Waals surface area contributed by atoms with E-state index in [1.807, 2.05) is 6.07 Å². The number of hydrogen-bond acceptors (Lipinski definition) is 5. The van der Waals surface area contributed by atoms with Gasteiger partial charge in [-0.05, 0) is 24.5 Å². The Bertz CT molecular complexity index is 475. The summed E-state index contributed by atoms with van der Waals surface area (Å²) in [5.74, 6) is 0. The minimum atomic E-state index is -0.341. The Morgan fingerprint density at radius 3 is 2.80 bits per heavy atom. The zero-order valence-electron chi connectivity index (χ0n) is 12.0. The summed E-state index contributed by atoms with van der Waals surface area (Å²) in [6.45, 7) is 2.29. The molecule has 0 saturated heterocycles. The van der Waals surface area contributed by atoms with Gasteiger partial charge in [0.05, 0.1) is 11.5 Å². The highest BCUT2D eigenvalue weighted by Gasteiger charge is 2.29. The molecule has 0 unspecified atom stereocenters. The first-order valence-electron chi connectivity index (χ1n) is 6.83. The summed E-state index contributed by atoms with van der Waals surface area (Å²) in [5, 5.41) is 13.9. The summed E-state index contributed by atoms with van der Waals surface area (Å²) < 4.78 is 5.13. The number of hydrogen-bond donors (Lipinski definition) is 1. The second kappa shape index (κ2) is 6.67. The van der Waals surface area contributed by atoms with Crippen LogP contribution in [0.25, 0.3) is 0 Å². The van der Waals surface area contributed by atoms with Crippen molar-refractivity contribution >= 4 is 11.4 Å². The minimum absolute atomic E-state index is 0.132. The molecule has 0 atom stereocenters. The normalized spacial score (nSPS) is 14.6. The monoisotopic (exact) mass is 279 g/mol. The Morgan fingerprint density at radius 2 is 2.25 bits per heavy atom. The van der Waals surface area contributed by atoms with Gasteiger partial charge in [0.25, 0.3) is 5.69 Å². The van der Waals surface area contributed by atoms with E-state index in [-0.39, 0.29) is 10.6 Å². The first-order chi connectivity index (χ1) is 9.65. The van der Waals surface area contributed by atoms with Crippen LogP contribution < -0.4 is 5.32 Å². The van der Waals surface area contributed by atoms with Gasteiger partial charge in [-0.15, -0.1) is 0 Å². The van der Waals surface area contributed by atoms with E-state index in [4.69, 9.17) is 4.74 Å². The SMILES string of the molecule is CNc1ccc(CN(CCOC)C2CC2)cc1[N+](=O)[O-]. The van der Waals surface area contributed by atoms with Crippen LogP contribution in [0.5, 0.6) is 0 Å². The molecule has 1 aliphatic carbocycles. The lowest BCUT2D eigenvalue weighted by atomic mass is 10.1. The molecule has 1 aromatic rings. The van der Waals surface area contributed by atoms with E-state index < -0.39 is 0 Å². The van der Waals surface area contributed by atoms with Crippen molar-refractivity contribution in [2.45, 2.75) is 25.4 Å². The van der Waals surface area contributed by atoms with Crippen molar-refractivity contribution in [2.24, 2.45) is 0 Å². The molecule has 0 aliphatic heterocycles. The van der Waals surface area contributed by atoms with Crippen LogP contribution in [0.15, 0.2) is 18.2 Å². The number of nitro benzene ring substituents is 1. The van der Waals surface area contributed by atoms with Gasteiger partial charge >= 0.3 is 0 Å². The first kappa shape index (κ1) is 14.7. The molecule has 20 heavy (non-hydrogen) atoms. The van der Waals surface area contributed by atoms with E-state index in [2.05, 4.69) is 10.2 Å². The molecule has 1 N–H and O–H groups in total.